The minimum atomic E-state index is -0.214. The summed E-state index contributed by atoms with van der Waals surface area (Å²) in [6.07, 6.45) is 7.40. The molecule has 2 aliphatic rings. The third-order valence-corrected chi connectivity index (χ3v) is 2.10. The first kappa shape index (κ1) is 6.38. The molecule has 0 unspecified atom stereocenters. The van der Waals surface area contributed by atoms with Gasteiger partial charge in [-0.15, -0.1) is 0 Å². The summed E-state index contributed by atoms with van der Waals surface area (Å²) in [5.41, 5.74) is 0. The van der Waals surface area contributed by atoms with Crippen LogP contribution in [0.15, 0.2) is 12.2 Å². The maximum atomic E-state index is 5.51. The molecule has 2 nitrogen and oxygen atoms in total. The van der Waals surface area contributed by atoms with Gasteiger partial charge in [0, 0.05) is 12.8 Å². The van der Waals surface area contributed by atoms with Crippen molar-refractivity contribution in [3.8, 4) is 0 Å². The Morgan fingerprint density at radius 1 is 1.10 bits per heavy atom. The Morgan fingerprint density at radius 2 is 1.90 bits per heavy atom. The normalized spacial score (nSPS) is 29.6. The molecule has 1 aliphatic heterocycles. The van der Waals surface area contributed by atoms with Crippen LogP contribution in [0.4, 0.5) is 0 Å². The van der Waals surface area contributed by atoms with Crippen LogP contribution in [0, 0.1) is 0 Å². The van der Waals surface area contributed by atoms with Crippen molar-refractivity contribution in [2.75, 3.05) is 13.2 Å². The molecule has 1 fully saturated rings. The van der Waals surface area contributed by atoms with Crippen molar-refractivity contribution in [2.45, 2.75) is 25.0 Å². The van der Waals surface area contributed by atoms with Gasteiger partial charge in [-0.3, -0.25) is 0 Å². The summed E-state index contributed by atoms with van der Waals surface area (Å²) >= 11 is 0. The maximum Gasteiger partial charge on any atom is 0.172 e. The minimum absolute atomic E-state index is 0.214. The molecule has 2 rings (SSSR count). The summed E-state index contributed by atoms with van der Waals surface area (Å²) in [4.78, 5) is 0. The van der Waals surface area contributed by atoms with Crippen molar-refractivity contribution in [2.24, 2.45) is 0 Å². The highest BCUT2D eigenvalue weighted by molar-refractivity contribution is 4.96. The second kappa shape index (κ2) is 2.36. The standard InChI is InChI=1S/C8H12O2/c1-2-4-8(5-3-1)9-6-7-10-8/h1-2H,3-7H2. The zero-order valence-electron chi connectivity index (χ0n) is 6.01. The zero-order chi connectivity index (χ0) is 6.86. The van der Waals surface area contributed by atoms with Gasteiger partial charge >= 0.3 is 0 Å². The Kier molecular flexibility index (Phi) is 1.51. The average molecular weight is 140 g/mol. The molecule has 0 atom stereocenters. The first-order valence-corrected chi connectivity index (χ1v) is 3.84. The van der Waals surface area contributed by atoms with Crippen molar-refractivity contribution in [1.82, 2.24) is 0 Å². The van der Waals surface area contributed by atoms with E-state index in [4.69, 9.17) is 9.47 Å². The van der Waals surface area contributed by atoms with Gasteiger partial charge in [-0.25, -0.2) is 0 Å². The molecule has 56 valence electrons. The molecule has 1 spiro atoms. The molecule has 0 aromatic rings. The van der Waals surface area contributed by atoms with E-state index in [0.717, 1.165) is 32.5 Å². The van der Waals surface area contributed by atoms with Gasteiger partial charge in [-0.2, -0.15) is 0 Å². The monoisotopic (exact) mass is 140 g/mol. The summed E-state index contributed by atoms with van der Waals surface area (Å²) < 4.78 is 11.0. The molecule has 0 saturated carbocycles. The molecule has 1 aliphatic carbocycles. The summed E-state index contributed by atoms with van der Waals surface area (Å²) in [7, 11) is 0. The summed E-state index contributed by atoms with van der Waals surface area (Å²) in [5, 5.41) is 0. The van der Waals surface area contributed by atoms with Gasteiger partial charge in [0.25, 0.3) is 0 Å². The summed E-state index contributed by atoms with van der Waals surface area (Å²) in [6.45, 7) is 1.54. The van der Waals surface area contributed by atoms with E-state index in [0.29, 0.717) is 0 Å². The molecule has 0 N–H and O–H groups in total. The van der Waals surface area contributed by atoms with Crippen molar-refractivity contribution in [3.63, 3.8) is 0 Å². The van der Waals surface area contributed by atoms with Crippen LogP contribution in [0.5, 0.6) is 0 Å². The molecule has 0 radical (unpaired) electrons. The molecule has 2 heteroatoms. The van der Waals surface area contributed by atoms with Crippen LogP contribution < -0.4 is 0 Å². The minimum Gasteiger partial charge on any atom is -0.347 e. The first-order valence-electron chi connectivity index (χ1n) is 3.84. The summed E-state index contributed by atoms with van der Waals surface area (Å²) in [6, 6.07) is 0. The van der Waals surface area contributed by atoms with Crippen LogP contribution >= 0.6 is 0 Å². The van der Waals surface area contributed by atoms with E-state index < -0.39 is 0 Å². The topological polar surface area (TPSA) is 18.5 Å². The second-order valence-corrected chi connectivity index (χ2v) is 2.82. The van der Waals surface area contributed by atoms with Gasteiger partial charge in [0.15, 0.2) is 5.79 Å². The van der Waals surface area contributed by atoms with E-state index in [1.807, 2.05) is 0 Å². The lowest BCUT2D eigenvalue weighted by molar-refractivity contribution is -0.160. The van der Waals surface area contributed by atoms with Gasteiger partial charge < -0.3 is 9.47 Å². The number of ether oxygens (including phenoxy) is 2. The van der Waals surface area contributed by atoms with Crippen LogP contribution in [0.25, 0.3) is 0 Å². The maximum absolute atomic E-state index is 5.51. The largest absolute Gasteiger partial charge is 0.347 e. The predicted octanol–water partition coefficient (Wildman–Crippen LogP) is 1.47. The van der Waals surface area contributed by atoms with Gasteiger partial charge in [0.05, 0.1) is 13.2 Å². The first-order chi connectivity index (χ1) is 4.91. The van der Waals surface area contributed by atoms with Crippen molar-refractivity contribution in [3.05, 3.63) is 12.2 Å². The Bertz CT molecular complexity index is 145. The lowest BCUT2D eigenvalue weighted by atomic mass is 10.0. The fraction of sp³-hybridized carbons (Fsp3) is 0.750. The number of hydrogen-bond acceptors (Lipinski definition) is 2. The lowest BCUT2D eigenvalue weighted by Crippen LogP contribution is -2.30. The average Bonchev–Trinajstić information content (AvgIpc) is 2.39. The van der Waals surface area contributed by atoms with Crippen LogP contribution in [-0.4, -0.2) is 19.0 Å². The summed E-state index contributed by atoms with van der Waals surface area (Å²) in [5.74, 6) is -0.214. The smallest absolute Gasteiger partial charge is 0.172 e. The Hall–Kier alpha value is -0.340. The van der Waals surface area contributed by atoms with Crippen molar-refractivity contribution in [1.29, 1.82) is 0 Å². The van der Waals surface area contributed by atoms with Gasteiger partial charge in [0.1, 0.15) is 0 Å². The predicted molar refractivity (Wildman–Crippen MR) is 37.6 cm³/mol. The van der Waals surface area contributed by atoms with Gasteiger partial charge in [-0.05, 0) is 6.42 Å². The molecular formula is C8H12O2. The number of allylic oxidation sites excluding steroid dienone is 1. The van der Waals surface area contributed by atoms with Gasteiger partial charge in [0.2, 0.25) is 0 Å². The van der Waals surface area contributed by atoms with E-state index in [1.54, 1.807) is 0 Å². The highest BCUT2D eigenvalue weighted by atomic mass is 16.7. The van der Waals surface area contributed by atoms with Crippen LogP contribution in [-0.2, 0) is 9.47 Å². The molecule has 0 bridgehead atoms. The third-order valence-electron chi connectivity index (χ3n) is 2.10. The lowest BCUT2D eigenvalue weighted by Gasteiger charge is -2.27. The molecule has 1 saturated heterocycles. The highest BCUT2D eigenvalue weighted by Crippen LogP contribution is 2.31. The molecular weight excluding hydrogens is 128 g/mol. The Labute approximate surface area is 60.8 Å². The fourth-order valence-electron chi connectivity index (χ4n) is 1.55. The molecule has 0 aromatic carbocycles. The Balaban J connectivity index is 2.06. The van der Waals surface area contributed by atoms with Gasteiger partial charge in [-0.1, -0.05) is 12.2 Å². The van der Waals surface area contributed by atoms with E-state index in [-0.39, 0.29) is 5.79 Å². The molecule has 10 heavy (non-hydrogen) atoms. The SMILES string of the molecule is C1=CCC2(CC1)OCCO2. The van der Waals surface area contributed by atoms with Crippen molar-refractivity contribution >= 4 is 0 Å². The molecule has 1 heterocycles. The van der Waals surface area contributed by atoms with Crippen LogP contribution in [0.1, 0.15) is 19.3 Å². The number of hydrogen-bond donors (Lipinski definition) is 0. The number of rotatable bonds is 0. The Morgan fingerprint density at radius 3 is 2.50 bits per heavy atom. The van der Waals surface area contributed by atoms with E-state index >= 15 is 0 Å². The zero-order valence-corrected chi connectivity index (χ0v) is 6.01. The molecule has 0 amide bonds. The van der Waals surface area contributed by atoms with E-state index in [2.05, 4.69) is 12.2 Å². The van der Waals surface area contributed by atoms with Crippen molar-refractivity contribution < 1.29 is 9.47 Å². The second-order valence-electron chi connectivity index (χ2n) is 2.82. The quantitative estimate of drug-likeness (QED) is 0.474. The van der Waals surface area contributed by atoms with E-state index in [9.17, 15) is 0 Å². The van der Waals surface area contributed by atoms with Crippen LogP contribution in [0.3, 0.4) is 0 Å². The fourth-order valence-corrected chi connectivity index (χ4v) is 1.55. The van der Waals surface area contributed by atoms with Crippen LogP contribution in [0.2, 0.25) is 0 Å². The third kappa shape index (κ3) is 0.976. The van der Waals surface area contributed by atoms with E-state index in [1.165, 1.54) is 0 Å². The highest BCUT2D eigenvalue weighted by Gasteiger charge is 2.35. The molecule has 0 aromatic heterocycles.